The van der Waals surface area contributed by atoms with E-state index in [1.165, 1.54) is 7.11 Å². The van der Waals surface area contributed by atoms with Crippen LogP contribution in [-0.4, -0.2) is 46.2 Å². The van der Waals surface area contributed by atoms with Crippen molar-refractivity contribution in [2.24, 2.45) is 0 Å². The second-order valence-corrected chi connectivity index (χ2v) is 10.8. The monoisotopic (exact) mass is 570 g/mol. The first-order valence-corrected chi connectivity index (χ1v) is 13.3. The van der Waals surface area contributed by atoms with Crippen LogP contribution in [0.4, 0.5) is 29.6 Å². The van der Waals surface area contributed by atoms with Crippen molar-refractivity contribution in [1.29, 1.82) is 0 Å². The largest absolute Gasteiger partial charge is 0.469 e. The molecule has 1 aromatic heterocycles. The van der Waals surface area contributed by atoms with E-state index in [0.29, 0.717) is 30.8 Å². The van der Waals surface area contributed by atoms with Crippen LogP contribution in [0.2, 0.25) is 0 Å². The fourth-order valence-corrected chi connectivity index (χ4v) is 4.60. The summed E-state index contributed by atoms with van der Waals surface area (Å²) in [6, 6.07) is 12.6. The number of halogens is 3. The molecule has 0 unspecified atom stereocenters. The van der Waals surface area contributed by atoms with E-state index in [9.17, 15) is 22.8 Å². The summed E-state index contributed by atoms with van der Waals surface area (Å²) in [7, 11) is 1.29. The van der Waals surface area contributed by atoms with Crippen LogP contribution in [0.25, 0.3) is 0 Å². The summed E-state index contributed by atoms with van der Waals surface area (Å²) in [6.45, 7) is 6.35. The molecule has 41 heavy (non-hydrogen) atoms. The lowest BCUT2D eigenvalue weighted by Gasteiger charge is -2.31. The van der Waals surface area contributed by atoms with Crippen LogP contribution < -0.4 is 5.32 Å². The molecule has 0 aliphatic carbocycles. The number of carbonyl (C=O) groups is 2. The van der Waals surface area contributed by atoms with E-state index in [1.54, 1.807) is 35.2 Å². The maximum Gasteiger partial charge on any atom is 0.419 e. The van der Waals surface area contributed by atoms with E-state index in [2.05, 4.69) is 15.3 Å². The number of nitrogens with zero attached hydrogens (tertiary/aromatic N) is 3. The predicted molar refractivity (Wildman–Crippen MR) is 147 cm³/mol. The lowest BCUT2D eigenvalue weighted by molar-refractivity contribution is -0.140. The van der Waals surface area contributed by atoms with Crippen LogP contribution in [0, 0.1) is 0 Å². The van der Waals surface area contributed by atoms with Gasteiger partial charge in [0.2, 0.25) is 5.95 Å². The molecule has 0 spiro atoms. The first kappa shape index (κ1) is 29.8. The zero-order valence-electron chi connectivity index (χ0n) is 23.5. The van der Waals surface area contributed by atoms with E-state index in [0.717, 1.165) is 22.9 Å². The highest BCUT2D eigenvalue weighted by Crippen LogP contribution is 2.33. The average Bonchev–Trinajstić information content (AvgIpc) is 2.90. The van der Waals surface area contributed by atoms with Gasteiger partial charge in [0, 0.05) is 25.0 Å². The van der Waals surface area contributed by atoms with E-state index in [-0.39, 0.29) is 37.0 Å². The Bertz CT molecular complexity index is 1420. The van der Waals surface area contributed by atoms with Crippen LogP contribution in [0.1, 0.15) is 54.3 Å². The SMILES string of the molecule is COC(=O)Cc1ccccc1CCc1nc(Nc2ccc3c(c2)CCN(C(=O)OC(C)(C)C)C3)ncc1C(F)(F)F. The molecule has 0 saturated carbocycles. The van der Waals surface area contributed by atoms with Crippen molar-refractivity contribution in [2.45, 2.75) is 64.8 Å². The van der Waals surface area contributed by atoms with Crippen LogP contribution in [-0.2, 0) is 52.7 Å². The number of fused-ring (bicyclic) bond motifs is 1. The first-order chi connectivity index (χ1) is 19.3. The van der Waals surface area contributed by atoms with Gasteiger partial charge in [-0.15, -0.1) is 0 Å². The normalized spacial score (nSPS) is 13.4. The van der Waals surface area contributed by atoms with Gasteiger partial charge in [-0.05, 0) is 74.4 Å². The Labute approximate surface area is 236 Å². The van der Waals surface area contributed by atoms with Gasteiger partial charge < -0.3 is 19.7 Å². The van der Waals surface area contributed by atoms with E-state index in [1.807, 2.05) is 32.9 Å². The molecule has 4 rings (SSSR count). The molecule has 0 atom stereocenters. The van der Waals surface area contributed by atoms with Gasteiger partial charge in [-0.2, -0.15) is 13.2 Å². The smallest absolute Gasteiger partial charge is 0.419 e. The van der Waals surface area contributed by atoms with Gasteiger partial charge in [0.05, 0.1) is 24.8 Å². The van der Waals surface area contributed by atoms with Gasteiger partial charge in [-0.1, -0.05) is 30.3 Å². The van der Waals surface area contributed by atoms with Gasteiger partial charge in [0.25, 0.3) is 0 Å². The van der Waals surface area contributed by atoms with E-state index in [4.69, 9.17) is 9.47 Å². The number of carbonyl (C=O) groups excluding carboxylic acids is 2. The number of alkyl halides is 3. The maximum atomic E-state index is 13.8. The van der Waals surface area contributed by atoms with Crippen molar-refractivity contribution in [1.82, 2.24) is 14.9 Å². The number of amides is 1. The minimum absolute atomic E-state index is 0.00504. The Hall–Kier alpha value is -4.15. The van der Waals surface area contributed by atoms with Crippen molar-refractivity contribution in [2.75, 3.05) is 19.0 Å². The van der Waals surface area contributed by atoms with Gasteiger partial charge in [-0.25, -0.2) is 14.8 Å². The lowest BCUT2D eigenvalue weighted by atomic mass is 9.98. The zero-order valence-corrected chi connectivity index (χ0v) is 23.5. The van der Waals surface area contributed by atoms with Crippen LogP contribution in [0.3, 0.4) is 0 Å². The summed E-state index contributed by atoms with van der Waals surface area (Å²) >= 11 is 0. The number of hydrogen-bond donors (Lipinski definition) is 1. The Morgan fingerprint density at radius 2 is 1.76 bits per heavy atom. The summed E-state index contributed by atoms with van der Waals surface area (Å²) < 4.78 is 51.6. The number of benzene rings is 2. The molecule has 218 valence electrons. The van der Waals surface area contributed by atoms with Crippen molar-refractivity contribution in [3.8, 4) is 0 Å². The van der Waals surface area contributed by atoms with Gasteiger partial charge >= 0.3 is 18.2 Å². The predicted octanol–water partition coefficient (Wildman–Crippen LogP) is 6.03. The van der Waals surface area contributed by atoms with Crippen LogP contribution >= 0.6 is 0 Å². The second kappa shape index (κ2) is 12.2. The minimum atomic E-state index is -4.62. The Morgan fingerprint density at radius 1 is 1.02 bits per heavy atom. The summed E-state index contributed by atoms with van der Waals surface area (Å²) in [5, 5.41) is 3.03. The van der Waals surface area contributed by atoms with Gasteiger partial charge in [-0.3, -0.25) is 4.79 Å². The molecule has 3 aromatic rings. The third kappa shape index (κ3) is 7.96. The number of aryl methyl sites for hydroxylation is 2. The maximum absolute atomic E-state index is 13.8. The Balaban J connectivity index is 1.50. The summed E-state index contributed by atoms with van der Waals surface area (Å²) in [5.74, 6) is -0.383. The zero-order chi connectivity index (χ0) is 29.8. The highest BCUT2D eigenvalue weighted by molar-refractivity contribution is 5.73. The molecular weight excluding hydrogens is 537 g/mol. The number of aromatic nitrogens is 2. The molecule has 11 heteroatoms. The molecular formula is C30H33F3N4O4. The third-order valence-corrected chi connectivity index (χ3v) is 6.61. The van der Waals surface area contributed by atoms with Gasteiger partial charge in [0.15, 0.2) is 0 Å². The second-order valence-electron chi connectivity index (χ2n) is 10.8. The van der Waals surface area contributed by atoms with Gasteiger partial charge in [0.1, 0.15) is 5.60 Å². The Kier molecular flexibility index (Phi) is 8.84. The van der Waals surface area contributed by atoms with Crippen molar-refractivity contribution in [3.63, 3.8) is 0 Å². The molecule has 2 heterocycles. The molecule has 1 N–H and O–H groups in total. The molecule has 8 nitrogen and oxygen atoms in total. The quantitative estimate of drug-likeness (QED) is 0.347. The van der Waals surface area contributed by atoms with Crippen LogP contribution in [0.5, 0.6) is 0 Å². The topological polar surface area (TPSA) is 93.7 Å². The number of hydrogen-bond acceptors (Lipinski definition) is 7. The van der Waals surface area contributed by atoms with Crippen LogP contribution in [0.15, 0.2) is 48.7 Å². The van der Waals surface area contributed by atoms with Crippen molar-refractivity contribution >= 4 is 23.7 Å². The highest BCUT2D eigenvalue weighted by atomic mass is 19.4. The standard InChI is InChI=1S/C30H33F3N4O4/c1-29(2,3)41-28(39)37-14-13-21-15-23(11-9-22(21)18-37)35-27-34-17-24(30(31,32)33)25(36-27)12-10-19-7-5-6-8-20(19)16-26(38)40-4/h5-9,11,15,17H,10,12-14,16,18H2,1-4H3,(H,34,35,36). The summed E-state index contributed by atoms with van der Waals surface area (Å²) in [5.41, 5.74) is 2.42. The number of anilines is 2. The number of nitrogens with one attached hydrogen (secondary N) is 1. The fourth-order valence-electron chi connectivity index (χ4n) is 4.60. The molecule has 0 radical (unpaired) electrons. The molecule has 0 saturated heterocycles. The summed E-state index contributed by atoms with van der Waals surface area (Å²) in [6.07, 6.45) is -3.32. The number of esters is 1. The number of methoxy groups -OCH3 is 1. The minimum Gasteiger partial charge on any atom is -0.469 e. The summed E-state index contributed by atoms with van der Waals surface area (Å²) in [4.78, 5) is 34.0. The molecule has 2 aromatic carbocycles. The van der Waals surface area contributed by atoms with Crippen molar-refractivity contribution in [3.05, 3.63) is 82.2 Å². The molecule has 0 fully saturated rings. The first-order valence-electron chi connectivity index (χ1n) is 13.3. The van der Waals surface area contributed by atoms with Crippen molar-refractivity contribution < 1.29 is 32.2 Å². The Morgan fingerprint density at radius 3 is 2.44 bits per heavy atom. The molecule has 0 bridgehead atoms. The number of rotatable bonds is 7. The lowest BCUT2D eigenvalue weighted by Crippen LogP contribution is -2.39. The molecule has 1 aliphatic rings. The number of ether oxygens (including phenoxy) is 2. The third-order valence-electron chi connectivity index (χ3n) is 6.61. The van der Waals surface area contributed by atoms with E-state index >= 15 is 0 Å². The average molecular weight is 571 g/mol. The highest BCUT2D eigenvalue weighted by Gasteiger charge is 2.35. The van der Waals surface area contributed by atoms with E-state index < -0.39 is 23.3 Å². The molecule has 1 amide bonds. The fraction of sp³-hybridized carbons (Fsp3) is 0.400. The molecule has 1 aliphatic heterocycles.